The van der Waals surface area contributed by atoms with Crippen LogP contribution in [0.3, 0.4) is 0 Å². The number of rotatable bonds is 11. The Morgan fingerprint density at radius 3 is 2.43 bits per heavy atom. The van der Waals surface area contributed by atoms with Crippen molar-refractivity contribution in [1.82, 2.24) is 9.80 Å². The molecular formula is C26H46FN3. The van der Waals surface area contributed by atoms with Crippen LogP contribution in [0.4, 0.5) is 4.39 Å². The van der Waals surface area contributed by atoms with Crippen LogP contribution in [0.15, 0.2) is 53.3 Å². The zero-order valence-corrected chi connectivity index (χ0v) is 20.8. The minimum Gasteiger partial charge on any atom is -0.310 e. The number of aliphatic imine (C=N–C) groups is 1. The van der Waals surface area contributed by atoms with Gasteiger partial charge in [0.05, 0.1) is 0 Å². The highest BCUT2D eigenvalue weighted by molar-refractivity contribution is 5.85. The highest BCUT2D eigenvalue weighted by atomic mass is 19.1. The van der Waals surface area contributed by atoms with E-state index < -0.39 is 5.67 Å². The van der Waals surface area contributed by atoms with E-state index in [4.69, 9.17) is 0 Å². The van der Waals surface area contributed by atoms with Gasteiger partial charge in [-0.2, -0.15) is 0 Å². The number of halogens is 1. The summed E-state index contributed by atoms with van der Waals surface area (Å²) in [5.41, 5.74) is 0.289. The molecule has 0 amide bonds. The second-order valence-corrected chi connectivity index (χ2v) is 7.98. The normalized spacial score (nSPS) is 15.6. The lowest BCUT2D eigenvalue weighted by atomic mass is 9.98. The van der Waals surface area contributed by atoms with Crippen molar-refractivity contribution in [1.29, 1.82) is 0 Å². The molecule has 0 heterocycles. The van der Waals surface area contributed by atoms with E-state index in [9.17, 15) is 4.39 Å². The van der Waals surface area contributed by atoms with Gasteiger partial charge in [-0.15, -0.1) is 0 Å². The van der Waals surface area contributed by atoms with Gasteiger partial charge in [-0.05, 0) is 51.8 Å². The Hall–Kier alpha value is -1.68. The number of hydrogen-bond acceptors (Lipinski definition) is 2. The molecule has 4 heteroatoms. The summed E-state index contributed by atoms with van der Waals surface area (Å²) >= 11 is 0. The third-order valence-electron chi connectivity index (χ3n) is 5.24. The van der Waals surface area contributed by atoms with E-state index in [-0.39, 0.29) is 0 Å². The largest absolute Gasteiger partial charge is 0.310 e. The van der Waals surface area contributed by atoms with Crippen molar-refractivity contribution in [3.05, 3.63) is 48.4 Å². The Morgan fingerprint density at radius 1 is 1.27 bits per heavy atom. The van der Waals surface area contributed by atoms with Gasteiger partial charge in [-0.25, -0.2) is 4.39 Å². The van der Waals surface area contributed by atoms with Crippen LogP contribution in [0.1, 0.15) is 80.6 Å². The summed E-state index contributed by atoms with van der Waals surface area (Å²) in [5, 5.41) is 0. The summed E-state index contributed by atoms with van der Waals surface area (Å²) in [6, 6.07) is 0.571. The first-order chi connectivity index (χ1) is 14.3. The number of alkyl halides is 1. The molecule has 0 bridgehead atoms. The van der Waals surface area contributed by atoms with E-state index >= 15 is 0 Å². The van der Waals surface area contributed by atoms with Crippen LogP contribution in [0.25, 0.3) is 0 Å². The van der Waals surface area contributed by atoms with Gasteiger partial charge < -0.3 is 9.80 Å². The number of allylic oxidation sites excluding steroid dienone is 5. The first-order valence-corrected chi connectivity index (χ1v) is 11.7. The van der Waals surface area contributed by atoms with Crippen LogP contribution < -0.4 is 0 Å². The average molecular weight is 420 g/mol. The minimum atomic E-state index is -1.39. The molecule has 1 aliphatic rings. The molecule has 0 saturated carbocycles. The molecule has 3 nitrogen and oxygen atoms in total. The number of nitrogens with zero attached hydrogens (tertiary/aromatic N) is 3. The van der Waals surface area contributed by atoms with Gasteiger partial charge in [0.2, 0.25) is 0 Å². The summed E-state index contributed by atoms with van der Waals surface area (Å²) in [4.78, 5) is 9.14. The van der Waals surface area contributed by atoms with Gasteiger partial charge in [0.25, 0.3) is 0 Å². The Morgan fingerprint density at radius 2 is 1.93 bits per heavy atom. The van der Waals surface area contributed by atoms with Crippen molar-refractivity contribution in [2.75, 3.05) is 20.1 Å². The van der Waals surface area contributed by atoms with Crippen molar-refractivity contribution in [3.63, 3.8) is 0 Å². The van der Waals surface area contributed by atoms with Gasteiger partial charge in [0.1, 0.15) is 11.5 Å². The summed E-state index contributed by atoms with van der Waals surface area (Å²) in [6.07, 6.45) is 14.7. The second kappa shape index (κ2) is 15.2. The highest BCUT2D eigenvalue weighted by Gasteiger charge is 2.23. The fourth-order valence-corrected chi connectivity index (χ4v) is 3.60. The molecule has 0 saturated heterocycles. The molecule has 1 atom stereocenters. The lowest BCUT2D eigenvalue weighted by molar-refractivity contribution is 0.203. The monoisotopic (exact) mass is 419 g/mol. The lowest BCUT2D eigenvalue weighted by Gasteiger charge is -2.31. The average Bonchev–Trinajstić information content (AvgIpc) is 2.98. The Balaban J connectivity index is 0.00000407. The van der Waals surface area contributed by atoms with E-state index in [0.717, 1.165) is 43.9 Å². The lowest BCUT2D eigenvalue weighted by Crippen LogP contribution is -2.37. The molecule has 0 radical (unpaired) electrons. The van der Waals surface area contributed by atoms with Gasteiger partial charge >= 0.3 is 0 Å². The summed E-state index contributed by atoms with van der Waals surface area (Å²) < 4.78 is 14.6. The molecule has 1 aliphatic carbocycles. The van der Waals surface area contributed by atoms with Crippen LogP contribution in [0, 0.1) is 0 Å². The fourth-order valence-electron chi connectivity index (χ4n) is 3.60. The van der Waals surface area contributed by atoms with Crippen molar-refractivity contribution < 1.29 is 4.39 Å². The fraction of sp³-hybridized carbons (Fsp3) is 0.654. The maximum absolute atomic E-state index is 14.6. The van der Waals surface area contributed by atoms with Crippen molar-refractivity contribution in [3.8, 4) is 0 Å². The van der Waals surface area contributed by atoms with Crippen LogP contribution in [0.5, 0.6) is 0 Å². The molecule has 1 unspecified atom stereocenters. The molecule has 0 aliphatic heterocycles. The third kappa shape index (κ3) is 9.42. The molecular weight excluding hydrogens is 373 g/mol. The quantitative estimate of drug-likeness (QED) is 0.258. The first kappa shape index (κ1) is 28.3. The van der Waals surface area contributed by atoms with Gasteiger partial charge in [0.15, 0.2) is 0 Å². The zero-order valence-electron chi connectivity index (χ0n) is 20.8. The van der Waals surface area contributed by atoms with E-state index in [2.05, 4.69) is 43.3 Å². The van der Waals surface area contributed by atoms with E-state index in [1.807, 2.05) is 44.0 Å². The number of hydrogen-bond donors (Lipinski definition) is 0. The predicted octanol–water partition coefficient (Wildman–Crippen LogP) is 7.30. The molecule has 172 valence electrons. The SMILES string of the molecule is C=CN(C1=CC(C(C)(C)F)=CC=CC1)C(CCN(CCC)C(C)CCC)=NC.CC. The van der Waals surface area contributed by atoms with Crippen molar-refractivity contribution in [2.45, 2.75) is 92.3 Å². The highest BCUT2D eigenvalue weighted by Crippen LogP contribution is 2.27. The topological polar surface area (TPSA) is 18.8 Å². The predicted molar refractivity (Wildman–Crippen MR) is 133 cm³/mol. The van der Waals surface area contributed by atoms with Crippen LogP contribution >= 0.6 is 0 Å². The van der Waals surface area contributed by atoms with E-state index in [1.165, 1.54) is 12.8 Å². The van der Waals surface area contributed by atoms with Crippen LogP contribution in [0.2, 0.25) is 0 Å². The van der Waals surface area contributed by atoms with E-state index in [1.54, 1.807) is 20.0 Å². The molecule has 0 N–H and O–H groups in total. The summed E-state index contributed by atoms with van der Waals surface area (Å²) in [7, 11) is 1.83. The summed E-state index contributed by atoms with van der Waals surface area (Å²) in [6.45, 7) is 20.0. The Bertz CT molecular complexity index is 608. The number of amidine groups is 1. The molecule has 0 aromatic carbocycles. The van der Waals surface area contributed by atoms with E-state index in [0.29, 0.717) is 11.6 Å². The molecule has 30 heavy (non-hydrogen) atoms. The van der Waals surface area contributed by atoms with Crippen LogP contribution in [-0.4, -0.2) is 47.5 Å². The Kier molecular flexibility index (Phi) is 14.3. The zero-order chi connectivity index (χ0) is 23.2. The van der Waals surface area contributed by atoms with Gasteiger partial charge in [-0.1, -0.05) is 58.9 Å². The second-order valence-electron chi connectivity index (χ2n) is 7.98. The standard InChI is InChI=1S/C24H40FN3.C2H6/c1-8-13-20(4)27(17-9-2)18-16-23(26-7)28(10-3)22-15-12-11-14-21(19-22)24(5,6)25;1-2/h10-12,14,19-20H,3,8-9,13,15-18H2,1-2,4-7H3;1-2H3. The maximum Gasteiger partial charge on any atom is 0.130 e. The van der Waals surface area contributed by atoms with Gasteiger partial charge in [0, 0.05) is 44.4 Å². The van der Waals surface area contributed by atoms with Crippen molar-refractivity contribution in [2.24, 2.45) is 4.99 Å². The van der Waals surface area contributed by atoms with Crippen LogP contribution in [-0.2, 0) is 0 Å². The molecule has 0 aromatic rings. The molecule has 0 spiro atoms. The minimum absolute atomic E-state index is 0.571. The smallest absolute Gasteiger partial charge is 0.130 e. The molecule has 0 aromatic heterocycles. The van der Waals surface area contributed by atoms with Crippen molar-refractivity contribution >= 4 is 5.84 Å². The molecule has 1 rings (SSSR count). The first-order valence-electron chi connectivity index (χ1n) is 11.7. The third-order valence-corrected chi connectivity index (χ3v) is 5.24. The van der Waals surface area contributed by atoms with Gasteiger partial charge in [-0.3, -0.25) is 4.99 Å². The summed E-state index contributed by atoms with van der Waals surface area (Å²) in [5.74, 6) is 0.970. The Labute approximate surface area is 186 Å². The maximum atomic E-state index is 14.6. The molecule has 0 fully saturated rings.